The Hall–Kier alpha value is -0.860. The topological polar surface area (TPSA) is 32.3 Å². The fourth-order valence-electron chi connectivity index (χ4n) is 2.83. The Bertz CT molecular complexity index is 341. The average molecular weight is 247 g/mol. The number of nitrogens with one attached hydrogen (secondary N) is 1. The Morgan fingerprint density at radius 3 is 2.22 bits per heavy atom. The molecule has 0 amide bonds. The van der Waals surface area contributed by atoms with Crippen molar-refractivity contribution in [2.45, 2.75) is 57.7 Å². The first-order chi connectivity index (χ1) is 8.66. The van der Waals surface area contributed by atoms with Gasteiger partial charge in [-0.3, -0.25) is 0 Å². The number of hydrogen-bond acceptors (Lipinski definition) is 2. The van der Waals surface area contributed by atoms with Crippen LogP contribution in [-0.4, -0.2) is 17.3 Å². The highest BCUT2D eigenvalue weighted by molar-refractivity contribution is 5.19. The van der Waals surface area contributed by atoms with Crippen LogP contribution < -0.4 is 5.32 Å². The normalized spacial score (nSPS) is 26.2. The number of rotatable bonds is 4. The largest absolute Gasteiger partial charge is 0.393 e. The van der Waals surface area contributed by atoms with E-state index in [4.69, 9.17) is 0 Å². The summed E-state index contributed by atoms with van der Waals surface area (Å²) >= 11 is 0. The second kappa shape index (κ2) is 6.35. The Morgan fingerprint density at radius 1 is 1.06 bits per heavy atom. The highest BCUT2D eigenvalue weighted by atomic mass is 16.3. The molecule has 0 saturated heterocycles. The van der Waals surface area contributed by atoms with Crippen LogP contribution in [0, 0.1) is 5.92 Å². The van der Waals surface area contributed by atoms with Crippen molar-refractivity contribution in [1.82, 2.24) is 5.32 Å². The quantitative estimate of drug-likeness (QED) is 0.856. The van der Waals surface area contributed by atoms with E-state index >= 15 is 0 Å². The van der Waals surface area contributed by atoms with Gasteiger partial charge in [-0.1, -0.05) is 44.2 Å². The van der Waals surface area contributed by atoms with E-state index in [2.05, 4.69) is 49.5 Å². The van der Waals surface area contributed by atoms with Crippen molar-refractivity contribution >= 4 is 0 Å². The summed E-state index contributed by atoms with van der Waals surface area (Å²) in [6.07, 6.45) is 4.00. The summed E-state index contributed by atoms with van der Waals surface area (Å²) in [6.45, 7) is 4.53. The number of aliphatic hydroxyl groups is 1. The third kappa shape index (κ3) is 3.56. The maximum absolute atomic E-state index is 9.56. The number of aliphatic hydroxyl groups excluding tert-OH is 1. The number of benzene rings is 1. The van der Waals surface area contributed by atoms with Gasteiger partial charge in [-0.05, 0) is 37.2 Å². The predicted molar refractivity (Wildman–Crippen MR) is 75.4 cm³/mol. The third-order valence-electron chi connectivity index (χ3n) is 3.94. The molecule has 2 rings (SSSR count). The molecular weight excluding hydrogens is 222 g/mol. The van der Waals surface area contributed by atoms with Crippen molar-refractivity contribution in [3.05, 3.63) is 35.9 Å². The van der Waals surface area contributed by atoms with Crippen molar-refractivity contribution in [1.29, 1.82) is 0 Å². The standard InChI is InChI=1S/C16H25NO/c1-12(2)16(13-6-4-3-5-7-13)17-14-8-10-15(18)11-9-14/h3-7,12,14-18H,8-11H2,1-2H3. The molecule has 2 nitrogen and oxygen atoms in total. The van der Waals surface area contributed by atoms with Crippen molar-refractivity contribution in [2.24, 2.45) is 5.92 Å². The molecular formula is C16H25NO. The molecule has 0 bridgehead atoms. The Labute approximate surface area is 110 Å². The lowest BCUT2D eigenvalue weighted by Gasteiger charge is -2.32. The zero-order valence-corrected chi connectivity index (χ0v) is 11.5. The van der Waals surface area contributed by atoms with Crippen LogP contribution in [-0.2, 0) is 0 Å². The van der Waals surface area contributed by atoms with E-state index in [0.29, 0.717) is 18.0 Å². The van der Waals surface area contributed by atoms with Gasteiger partial charge < -0.3 is 10.4 Å². The van der Waals surface area contributed by atoms with Crippen LogP contribution in [0.3, 0.4) is 0 Å². The van der Waals surface area contributed by atoms with Crippen LogP contribution in [0.25, 0.3) is 0 Å². The van der Waals surface area contributed by atoms with E-state index in [-0.39, 0.29) is 6.10 Å². The first-order valence-corrected chi connectivity index (χ1v) is 7.16. The van der Waals surface area contributed by atoms with Gasteiger partial charge in [0.1, 0.15) is 0 Å². The van der Waals surface area contributed by atoms with Gasteiger partial charge in [0.05, 0.1) is 6.10 Å². The molecule has 2 heteroatoms. The molecule has 18 heavy (non-hydrogen) atoms. The molecule has 0 aliphatic heterocycles. The molecule has 0 heterocycles. The van der Waals surface area contributed by atoms with Gasteiger partial charge in [-0.25, -0.2) is 0 Å². The Balaban J connectivity index is 1.99. The molecule has 1 unspecified atom stereocenters. The minimum Gasteiger partial charge on any atom is -0.393 e. The first-order valence-electron chi connectivity index (χ1n) is 7.16. The van der Waals surface area contributed by atoms with E-state index in [1.54, 1.807) is 0 Å². The van der Waals surface area contributed by atoms with Gasteiger partial charge in [0.15, 0.2) is 0 Å². The highest BCUT2D eigenvalue weighted by Crippen LogP contribution is 2.26. The van der Waals surface area contributed by atoms with Crippen LogP contribution in [0.4, 0.5) is 0 Å². The molecule has 1 fully saturated rings. The van der Waals surface area contributed by atoms with Crippen LogP contribution in [0.1, 0.15) is 51.1 Å². The van der Waals surface area contributed by atoms with Crippen LogP contribution in [0.5, 0.6) is 0 Å². The third-order valence-corrected chi connectivity index (χ3v) is 3.94. The highest BCUT2D eigenvalue weighted by Gasteiger charge is 2.24. The Morgan fingerprint density at radius 2 is 1.67 bits per heavy atom. The maximum Gasteiger partial charge on any atom is 0.0541 e. The molecule has 1 aromatic carbocycles. The zero-order valence-electron chi connectivity index (χ0n) is 11.5. The Kier molecular flexibility index (Phi) is 4.79. The molecule has 1 aliphatic rings. The minimum atomic E-state index is -0.0720. The van der Waals surface area contributed by atoms with Gasteiger partial charge in [0.25, 0.3) is 0 Å². The summed E-state index contributed by atoms with van der Waals surface area (Å²) in [4.78, 5) is 0. The van der Waals surface area contributed by atoms with Crippen molar-refractivity contribution in [3.63, 3.8) is 0 Å². The second-order valence-electron chi connectivity index (χ2n) is 5.80. The molecule has 1 aromatic rings. The fourth-order valence-corrected chi connectivity index (χ4v) is 2.83. The number of hydrogen-bond donors (Lipinski definition) is 2. The molecule has 0 radical (unpaired) electrons. The van der Waals surface area contributed by atoms with E-state index in [1.807, 2.05) is 0 Å². The van der Waals surface area contributed by atoms with E-state index < -0.39 is 0 Å². The minimum absolute atomic E-state index is 0.0720. The van der Waals surface area contributed by atoms with Crippen LogP contribution in [0.2, 0.25) is 0 Å². The predicted octanol–water partition coefficient (Wildman–Crippen LogP) is 3.28. The summed E-state index contributed by atoms with van der Waals surface area (Å²) in [5, 5.41) is 13.3. The molecule has 0 aromatic heterocycles. The molecule has 0 spiro atoms. The summed E-state index contributed by atoms with van der Waals surface area (Å²) in [5.74, 6) is 0.583. The zero-order chi connectivity index (χ0) is 13.0. The van der Waals surface area contributed by atoms with Crippen molar-refractivity contribution in [2.75, 3.05) is 0 Å². The van der Waals surface area contributed by atoms with Crippen LogP contribution >= 0.6 is 0 Å². The molecule has 1 atom stereocenters. The van der Waals surface area contributed by atoms with E-state index in [0.717, 1.165) is 25.7 Å². The van der Waals surface area contributed by atoms with Gasteiger partial charge in [0, 0.05) is 12.1 Å². The smallest absolute Gasteiger partial charge is 0.0541 e. The van der Waals surface area contributed by atoms with Crippen molar-refractivity contribution < 1.29 is 5.11 Å². The first kappa shape index (κ1) is 13.6. The lowest BCUT2D eigenvalue weighted by molar-refractivity contribution is 0.112. The van der Waals surface area contributed by atoms with Crippen LogP contribution in [0.15, 0.2) is 30.3 Å². The summed E-state index contributed by atoms with van der Waals surface area (Å²) in [7, 11) is 0. The fraction of sp³-hybridized carbons (Fsp3) is 0.625. The molecule has 2 N–H and O–H groups in total. The summed E-state index contributed by atoms with van der Waals surface area (Å²) < 4.78 is 0. The molecule has 1 saturated carbocycles. The SMILES string of the molecule is CC(C)C(NC1CCC(O)CC1)c1ccccc1. The molecule has 100 valence electrons. The lowest BCUT2D eigenvalue weighted by Crippen LogP contribution is -2.38. The summed E-state index contributed by atoms with van der Waals surface area (Å²) in [5.41, 5.74) is 1.37. The monoisotopic (exact) mass is 247 g/mol. The average Bonchev–Trinajstić information content (AvgIpc) is 2.38. The van der Waals surface area contributed by atoms with Gasteiger partial charge >= 0.3 is 0 Å². The lowest BCUT2D eigenvalue weighted by atomic mass is 9.89. The van der Waals surface area contributed by atoms with Gasteiger partial charge in [-0.15, -0.1) is 0 Å². The second-order valence-corrected chi connectivity index (χ2v) is 5.80. The van der Waals surface area contributed by atoms with E-state index in [9.17, 15) is 5.11 Å². The maximum atomic E-state index is 9.56. The summed E-state index contributed by atoms with van der Waals surface area (Å²) in [6, 6.07) is 11.7. The van der Waals surface area contributed by atoms with Crippen molar-refractivity contribution in [3.8, 4) is 0 Å². The molecule has 1 aliphatic carbocycles. The van der Waals surface area contributed by atoms with Gasteiger partial charge in [-0.2, -0.15) is 0 Å². The van der Waals surface area contributed by atoms with E-state index in [1.165, 1.54) is 5.56 Å². The van der Waals surface area contributed by atoms with Gasteiger partial charge in [0.2, 0.25) is 0 Å².